The second-order valence-electron chi connectivity index (χ2n) is 6.26. The Labute approximate surface area is 126 Å². The third-order valence-corrected chi connectivity index (χ3v) is 4.78. The van der Waals surface area contributed by atoms with Crippen LogP contribution in [0.2, 0.25) is 0 Å². The van der Waals surface area contributed by atoms with E-state index in [1.165, 1.54) is 6.42 Å². The maximum atomic E-state index is 10.4. The lowest BCUT2D eigenvalue weighted by atomic mass is 9.77. The molecule has 122 valence electrons. The fraction of sp³-hybridized carbons (Fsp3) is 0.938. The normalized spacial score (nSPS) is 30.9. The van der Waals surface area contributed by atoms with Crippen molar-refractivity contribution < 1.29 is 24.5 Å². The first-order valence-electron chi connectivity index (χ1n) is 8.28. The number of ether oxygens (including phenoxy) is 2. The zero-order valence-electron chi connectivity index (χ0n) is 12.7. The fourth-order valence-electron chi connectivity index (χ4n) is 3.69. The van der Waals surface area contributed by atoms with Gasteiger partial charge in [-0.15, -0.1) is 0 Å². The first-order valence-corrected chi connectivity index (χ1v) is 8.28. The van der Waals surface area contributed by atoms with Crippen molar-refractivity contribution in [3.63, 3.8) is 0 Å². The van der Waals surface area contributed by atoms with Gasteiger partial charge >= 0.3 is 5.97 Å². The van der Waals surface area contributed by atoms with Gasteiger partial charge in [-0.1, -0.05) is 6.42 Å². The van der Waals surface area contributed by atoms with Gasteiger partial charge in [0.15, 0.2) is 0 Å². The monoisotopic (exact) mass is 300 g/mol. The predicted octanol–water partition coefficient (Wildman–Crippen LogP) is 2.21. The molecule has 21 heavy (non-hydrogen) atoms. The lowest BCUT2D eigenvalue weighted by Crippen LogP contribution is -2.31. The molecule has 0 amide bonds. The molecule has 2 rings (SSSR count). The van der Waals surface area contributed by atoms with Gasteiger partial charge in [-0.25, -0.2) is 0 Å². The fourth-order valence-corrected chi connectivity index (χ4v) is 3.69. The molecule has 2 bridgehead atoms. The number of unbranched alkanes of at least 4 members (excludes halogenated alkanes) is 2. The third kappa shape index (κ3) is 4.94. The number of aliphatic carboxylic acids is 1. The highest BCUT2D eigenvalue weighted by Crippen LogP contribution is 2.45. The second-order valence-corrected chi connectivity index (χ2v) is 6.26. The Kier molecular flexibility index (Phi) is 6.93. The van der Waals surface area contributed by atoms with Crippen LogP contribution < -0.4 is 0 Å². The lowest BCUT2D eigenvalue weighted by molar-refractivity contribution is -0.137. The Morgan fingerprint density at radius 1 is 1.10 bits per heavy atom. The third-order valence-electron chi connectivity index (χ3n) is 4.78. The second kappa shape index (κ2) is 8.71. The molecule has 0 radical (unpaired) electrons. The quantitative estimate of drug-likeness (QED) is 0.572. The number of hydrogen-bond acceptors (Lipinski definition) is 4. The Bertz CT molecular complexity index is 320. The summed E-state index contributed by atoms with van der Waals surface area (Å²) in [6.45, 7) is 1.65. The van der Waals surface area contributed by atoms with Crippen LogP contribution in [0.25, 0.3) is 0 Å². The Morgan fingerprint density at radius 2 is 1.86 bits per heavy atom. The number of rotatable bonds is 11. The van der Waals surface area contributed by atoms with Crippen LogP contribution >= 0.6 is 0 Å². The molecular formula is C16H28O5. The van der Waals surface area contributed by atoms with Crippen molar-refractivity contribution in [2.24, 2.45) is 11.8 Å². The average molecular weight is 300 g/mol. The predicted molar refractivity (Wildman–Crippen MR) is 78.1 cm³/mol. The van der Waals surface area contributed by atoms with Gasteiger partial charge in [0.05, 0.1) is 18.8 Å². The van der Waals surface area contributed by atoms with Gasteiger partial charge in [0.1, 0.15) is 0 Å². The van der Waals surface area contributed by atoms with E-state index in [-0.39, 0.29) is 13.0 Å². The summed E-state index contributed by atoms with van der Waals surface area (Å²) in [5, 5.41) is 17.5. The van der Waals surface area contributed by atoms with Crippen LogP contribution in [0.4, 0.5) is 0 Å². The number of aliphatic hydroxyl groups excluding tert-OH is 1. The molecule has 0 spiro atoms. The van der Waals surface area contributed by atoms with Gasteiger partial charge in [-0.3, -0.25) is 4.79 Å². The summed E-state index contributed by atoms with van der Waals surface area (Å²) < 4.78 is 11.8. The van der Waals surface area contributed by atoms with Gasteiger partial charge < -0.3 is 19.7 Å². The summed E-state index contributed by atoms with van der Waals surface area (Å²) in [5.74, 6) is 0.330. The summed E-state index contributed by atoms with van der Waals surface area (Å²) in [7, 11) is 0. The minimum absolute atomic E-state index is 0.227. The summed E-state index contributed by atoms with van der Waals surface area (Å²) in [6.07, 6.45) is 7.84. The minimum atomic E-state index is -0.736. The molecule has 2 aliphatic heterocycles. The first-order chi connectivity index (χ1) is 10.2. The van der Waals surface area contributed by atoms with Crippen molar-refractivity contribution in [2.75, 3.05) is 19.8 Å². The van der Waals surface area contributed by atoms with E-state index in [0.29, 0.717) is 37.1 Å². The summed E-state index contributed by atoms with van der Waals surface area (Å²) >= 11 is 0. The SMILES string of the molecule is O=C(O)CCCCOCC1C2CCC(O2)C1CCCCO. The Morgan fingerprint density at radius 3 is 2.57 bits per heavy atom. The van der Waals surface area contributed by atoms with Crippen molar-refractivity contribution in [2.45, 2.75) is 63.6 Å². The van der Waals surface area contributed by atoms with Crippen molar-refractivity contribution in [3.8, 4) is 0 Å². The highest BCUT2D eigenvalue weighted by Gasteiger charge is 2.48. The van der Waals surface area contributed by atoms with Crippen LogP contribution in [0.1, 0.15) is 51.4 Å². The van der Waals surface area contributed by atoms with Crippen molar-refractivity contribution in [1.29, 1.82) is 0 Å². The number of carboxylic acids is 1. The van der Waals surface area contributed by atoms with E-state index >= 15 is 0 Å². The zero-order chi connectivity index (χ0) is 15.1. The van der Waals surface area contributed by atoms with Crippen LogP contribution in [0.5, 0.6) is 0 Å². The number of hydrogen-bond donors (Lipinski definition) is 2. The van der Waals surface area contributed by atoms with E-state index < -0.39 is 5.97 Å². The van der Waals surface area contributed by atoms with Crippen LogP contribution in [0.3, 0.4) is 0 Å². The summed E-state index contributed by atoms with van der Waals surface area (Å²) in [4.78, 5) is 10.4. The van der Waals surface area contributed by atoms with E-state index in [4.69, 9.17) is 19.7 Å². The molecule has 0 aromatic rings. The maximum Gasteiger partial charge on any atom is 0.303 e. The molecule has 2 saturated heterocycles. The average Bonchev–Trinajstić information content (AvgIpc) is 3.04. The van der Waals surface area contributed by atoms with E-state index in [1.807, 2.05) is 0 Å². The molecule has 2 fully saturated rings. The molecule has 0 aromatic carbocycles. The molecule has 2 aliphatic rings. The van der Waals surface area contributed by atoms with Gasteiger partial charge in [-0.05, 0) is 44.4 Å². The van der Waals surface area contributed by atoms with E-state index in [9.17, 15) is 4.79 Å². The van der Waals surface area contributed by atoms with Crippen molar-refractivity contribution in [3.05, 3.63) is 0 Å². The number of carboxylic acid groups (broad SMARTS) is 1. The van der Waals surface area contributed by atoms with Crippen LogP contribution in [-0.2, 0) is 14.3 Å². The minimum Gasteiger partial charge on any atom is -0.481 e. The number of fused-ring (bicyclic) bond motifs is 2. The van der Waals surface area contributed by atoms with Gasteiger partial charge in [0, 0.05) is 25.6 Å². The largest absolute Gasteiger partial charge is 0.481 e. The Balaban J connectivity index is 1.64. The molecule has 4 atom stereocenters. The zero-order valence-corrected chi connectivity index (χ0v) is 12.7. The summed E-state index contributed by atoms with van der Waals surface area (Å²) in [5.41, 5.74) is 0. The molecule has 0 saturated carbocycles. The molecular weight excluding hydrogens is 272 g/mol. The molecule has 0 aliphatic carbocycles. The number of carbonyl (C=O) groups is 1. The molecule has 0 aromatic heterocycles. The standard InChI is InChI=1S/C16H28O5/c17-9-3-1-5-12-13(15-8-7-14(12)21-15)11-20-10-4-2-6-16(18)19/h12-15,17H,1-11H2,(H,18,19). The molecule has 2 N–H and O–H groups in total. The van der Waals surface area contributed by atoms with Crippen molar-refractivity contribution >= 4 is 5.97 Å². The smallest absolute Gasteiger partial charge is 0.303 e. The van der Waals surface area contributed by atoms with E-state index in [1.54, 1.807) is 0 Å². The van der Waals surface area contributed by atoms with Crippen LogP contribution in [0, 0.1) is 11.8 Å². The highest BCUT2D eigenvalue weighted by molar-refractivity contribution is 5.66. The molecule has 5 heteroatoms. The molecule has 2 heterocycles. The van der Waals surface area contributed by atoms with Crippen molar-refractivity contribution in [1.82, 2.24) is 0 Å². The Hall–Kier alpha value is -0.650. The van der Waals surface area contributed by atoms with E-state index in [2.05, 4.69) is 0 Å². The maximum absolute atomic E-state index is 10.4. The highest BCUT2D eigenvalue weighted by atomic mass is 16.5. The topological polar surface area (TPSA) is 76.0 Å². The van der Waals surface area contributed by atoms with Gasteiger partial charge in [0.25, 0.3) is 0 Å². The number of aliphatic hydroxyl groups is 1. The molecule has 5 nitrogen and oxygen atoms in total. The van der Waals surface area contributed by atoms with Gasteiger partial charge in [-0.2, -0.15) is 0 Å². The molecule has 4 unspecified atom stereocenters. The van der Waals surface area contributed by atoms with Gasteiger partial charge in [0.2, 0.25) is 0 Å². The first kappa shape index (κ1) is 16.7. The summed E-state index contributed by atoms with van der Waals surface area (Å²) in [6, 6.07) is 0. The van der Waals surface area contributed by atoms with E-state index in [0.717, 1.165) is 38.7 Å². The lowest BCUT2D eigenvalue weighted by Gasteiger charge is -2.27. The van der Waals surface area contributed by atoms with Crippen LogP contribution in [-0.4, -0.2) is 48.2 Å². The van der Waals surface area contributed by atoms with Crippen LogP contribution in [0.15, 0.2) is 0 Å².